The van der Waals surface area contributed by atoms with Crippen molar-refractivity contribution >= 4 is 17.5 Å². The fraction of sp³-hybridized carbons (Fsp3) is 0.158. The minimum absolute atomic E-state index is 0.681. The fourth-order valence-corrected chi connectivity index (χ4v) is 2.36. The van der Waals surface area contributed by atoms with Gasteiger partial charge in [0.1, 0.15) is 5.82 Å². The van der Waals surface area contributed by atoms with Gasteiger partial charge in [0.05, 0.1) is 0 Å². The molecule has 1 heterocycles. The predicted molar refractivity (Wildman–Crippen MR) is 95.2 cm³/mol. The molecule has 0 amide bonds. The van der Waals surface area contributed by atoms with Crippen LogP contribution in [0.4, 0.5) is 17.5 Å². The van der Waals surface area contributed by atoms with E-state index in [2.05, 4.69) is 39.6 Å². The lowest BCUT2D eigenvalue weighted by atomic mass is 10.1. The molecule has 0 bridgehead atoms. The maximum Gasteiger partial charge on any atom is 0.231 e. The molecule has 1 aromatic heterocycles. The lowest BCUT2D eigenvalue weighted by Crippen LogP contribution is -2.14. The second kappa shape index (κ2) is 7.40. The van der Waals surface area contributed by atoms with Crippen LogP contribution in [0.15, 0.2) is 72.9 Å². The lowest BCUT2D eigenvalue weighted by Gasteiger charge is -2.17. The van der Waals surface area contributed by atoms with E-state index in [4.69, 9.17) is 0 Å². The van der Waals surface area contributed by atoms with Crippen LogP contribution in [0, 0.1) is 0 Å². The molecule has 116 valence electrons. The molecule has 3 aromatic rings. The molecule has 1 N–H and O–H groups in total. The Hall–Kier alpha value is -2.88. The molecule has 0 aliphatic rings. The summed E-state index contributed by atoms with van der Waals surface area (Å²) < 4.78 is 0. The summed E-state index contributed by atoms with van der Waals surface area (Å²) in [7, 11) is 1.97. The monoisotopic (exact) mass is 304 g/mol. The van der Waals surface area contributed by atoms with Gasteiger partial charge in [-0.3, -0.25) is 0 Å². The van der Waals surface area contributed by atoms with Crippen molar-refractivity contribution in [3.05, 3.63) is 78.5 Å². The number of anilines is 3. The maximum atomic E-state index is 4.58. The minimum Gasteiger partial charge on any atom is -0.370 e. The van der Waals surface area contributed by atoms with Gasteiger partial charge < -0.3 is 10.2 Å². The number of nitrogens with zero attached hydrogens (tertiary/aromatic N) is 3. The van der Waals surface area contributed by atoms with Crippen molar-refractivity contribution in [1.29, 1.82) is 0 Å². The van der Waals surface area contributed by atoms with Crippen LogP contribution in [0.25, 0.3) is 0 Å². The van der Waals surface area contributed by atoms with Crippen molar-refractivity contribution in [2.75, 3.05) is 23.8 Å². The van der Waals surface area contributed by atoms with Gasteiger partial charge in [0, 0.05) is 25.5 Å². The van der Waals surface area contributed by atoms with Crippen molar-refractivity contribution in [2.45, 2.75) is 6.42 Å². The Bertz CT molecular complexity index is 729. The first-order valence-corrected chi connectivity index (χ1v) is 7.72. The number of benzene rings is 2. The van der Waals surface area contributed by atoms with Crippen LogP contribution < -0.4 is 10.2 Å². The van der Waals surface area contributed by atoms with E-state index in [-0.39, 0.29) is 0 Å². The standard InChI is InChI=1S/C19H20N4/c1-23(17-10-6-3-7-11-17)19-21-15-13-18(22-19)20-14-12-16-8-4-2-5-9-16/h2-11,13,15H,12,14H2,1H3,(H,20,21,22). The Morgan fingerprint density at radius 2 is 1.61 bits per heavy atom. The average Bonchev–Trinajstić information content (AvgIpc) is 2.63. The highest BCUT2D eigenvalue weighted by Crippen LogP contribution is 2.20. The molecule has 3 rings (SSSR count). The van der Waals surface area contributed by atoms with E-state index in [9.17, 15) is 0 Å². The molecule has 23 heavy (non-hydrogen) atoms. The first-order chi connectivity index (χ1) is 11.3. The largest absolute Gasteiger partial charge is 0.370 e. The normalized spacial score (nSPS) is 10.3. The number of nitrogens with one attached hydrogen (secondary N) is 1. The Labute approximate surface area is 136 Å². The summed E-state index contributed by atoms with van der Waals surface area (Å²) in [5.41, 5.74) is 2.38. The summed E-state index contributed by atoms with van der Waals surface area (Å²) in [6.07, 6.45) is 2.75. The van der Waals surface area contributed by atoms with Crippen LogP contribution in [0.5, 0.6) is 0 Å². The van der Waals surface area contributed by atoms with Crippen LogP contribution >= 0.6 is 0 Å². The third kappa shape index (κ3) is 4.07. The Morgan fingerprint density at radius 1 is 0.913 bits per heavy atom. The molecule has 0 unspecified atom stereocenters. The van der Waals surface area contributed by atoms with Crippen molar-refractivity contribution < 1.29 is 0 Å². The molecule has 0 spiro atoms. The molecular formula is C19H20N4. The van der Waals surface area contributed by atoms with Crippen molar-refractivity contribution in [2.24, 2.45) is 0 Å². The highest BCUT2D eigenvalue weighted by atomic mass is 15.2. The van der Waals surface area contributed by atoms with Gasteiger partial charge in [-0.25, -0.2) is 4.98 Å². The second-order valence-electron chi connectivity index (χ2n) is 5.30. The maximum absolute atomic E-state index is 4.58. The minimum atomic E-state index is 0.681. The number of hydrogen-bond donors (Lipinski definition) is 1. The Morgan fingerprint density at radius 3 is 2.35 bits per heavy atom. The molecule has 0 aliphatic heterocycles. The van der Waals surface area contributed by atoms with E-state index >= 15 is 0 Å². The van der Waals surface area contributed by atoms with E-state index in [1.807, 2.05) is 54.4 Å². The van der Waals surface area contributed by atoms with Crippen LogP contribution in [-0.4, -0.2) is 23.6 Å². The lowest BCUT2D eigenvalue weighted by molar-refractivity contribution is 0.985. The molecule has 2 aromatic carbocycles. The second-order valence-corrected chi connectivity index (χ2v) is 5.30. The average molecular weight is 304 g/mol. The van der Waals surface area contributed by atoms with E-state index < -0.39 is 0 Å². The molecule has 4 nitrogen and oxygen atoms in total. The molecule has 0 atom stereocenters. The molecule has 0 radical (unpaired) electrons. The molecule has 4 heteroatoms. The zero-order valence-corrected chi connectivity index (χ0v) is 13.2. The van der Waals surface area contributed by atoms with Crippen LogP contribution in [0.1, 0.15) is 5.56 Å². The smallest absolute Gasteiger partial charge is 0.231 e. The molecule has 0 saturated carbocycles. The SMILES string of the molecule is CN(c1ccccc1)c1nccc(NCCc2ccccc2)n1. The molecule has 0 saturated heterocycles. The zero-order valence-electron chi connectivity index (χ0n) is 13.2. The first kappa shape index (κ1) is 15.0. The number of rotatable bonds is 6. The van der Waals surface area contributed by atoms with Gasteiger partial charge in [-0.05, 0) is 30.2 Å². The van der Waals surface area contributed by atoms with E-state index in [1.165, 1.54) is 5.56 Å². The molecule has 0 fully saturated rings. The number of aromatic nitrogens is 2. The first-order valence-electron chi connectivity index (χ1n) is 7.72. The third-order valence-electron chi connectivity index (χ3n) is 3.65. The molecular weight excluding hydrogens is 284 g/mol. The van der Waals surface area contributed by atoms with E-state index in [0.717, 1.165) is 24.5 Å². The van der Waals surface area contributed by atoms with Gasteiger partial charge in [0.25, 0.3) is 0 Å². The van der Waals surface area contributed by atoms with Crippen LogP contribution in [-0.2, 0) is 6.42 Å². The number of para-hydroxylation sites is 1. The summed E-state index contributed by atoms with van der Waals surface area (Å²) in [4.78, 5) is 10.9. The quantitative estimate of drug-likeness (QED) is 0.750. The summed E-state index contributed by atoms with van der Waals surface area (Å²) in [5.74, 6) is 1.52. The summed E-state index contributed by atoms with van der Waals surface area (Å²) in [6, 6.07) is 22.4. The predicted octanol–water partition coefficient (Wildman–Crippen LogP) is 3.90. The Balaban J connectivity index is 1.63. The van der Waals surface area contributed by atoms with Gasteiger partial charge in [0.15, 0.2) is 0 Å². The van der Waals surface area contributed by atoms with Crippen LogP contribution in [0.2, 0.25) is 0 Å². The van der Waals surface area contributed by atoms with Gasteiger partial charge in [-0.1, -0.05) is 48.5 Å². The fourth-order valence-electron chi connectivity index (χ4n) is 2.36. The van der Waals surface area contributed by atoms with Gasteiger partial charge in [-0.2, -0.15) is 4.98 Å². The van der Waals surface area contributed by atoms with Crippen LogP contribution in [0.3, 0.4) is 0 Å². The highest BCUT2D eigenvalue weighted by Gasteiger charge is 2.07. The highest BCUT2D eigenvalue weighted by molar-refractivity contribution is 5.57. The third-order valence-corrected chi connectivity index (χ3v) is 3.65. The van der Waals surface area contributed by atoms with Crippen molar-refractivity contribution in [1.82, 2.24) is 9.97 Å². The van der Waals surface area contributed by atoms with Gasteiger partial charge >= 0.3 is 0 Å². The summed E-state index contributed by atoms with van der Waals surface area (Å²) in [6.45, 7) is 0.843. The number of hydrogen-bond acceptors (Lipinski definition) is 4. The summed E-state index contributed by atoms with van der Waals surface area (Å²) >= 11 is 0. The van der Waals surface area contributed by atoms with E-state index in [1.54, 1.807) is 6.20 Å². The van der Waals surface area contributed by atoms with Crippen molar-refractivity contribution in [3.63, 3.8) is 0 Å². The summed E-state index contributed by atoms with van der Waals surface area (Å²) in [5, 5.41) is 3.36. The zero-order chi connectivity index (χ0) is 15.9. The molecule has 0 aliphatic carbocycles. The Kier molecular flexibility index (Phi) is 4.84. The topological polar surface area (TPSA) is 41.1 Å². The van der Waals surface area contributed by atoms with Crippen molar-refractivity contribution in [3.8, 4) is 0 Å². The van der Waals surface area contributed by atoms with Gasteiger partial charge in [0.2, 0.25) is 5.95 Å². The van der Waals surface area contributed by atoms with E-state index in [0.29, 0.717) is 5.95 Å². The van der Waals surface area contributed by atoms with Gasteiger partial charge in [-0.15, -0.1) is 0 Å².